The number of hydrogen-bond donors (Lipinski definition) is 3. The number of likely N-dealkylation sites (tertiary alicyclic amines) is 1. The van der Waals surface area contributed by atoms with Gasteiger partial charge in [0.25, 0.3) is 0 Å². The van der Waals surface area contributed by atoms with Gasteiger partial charge in [-0.1, -0.05) is 0 Å². The average Bonchev–Trinajstić information content (AvgIpc) is 2.42. The molecule has 8 nitrogen and oxygen atoms in total. The molecule has 5 N–H and O–H groups in total. The minimum atomic E-state index is -1.01. The summed E-state index contributed by atoms with van der Waals surface area (Å²) in [5.41, 5.74) is 9.89. The Morgan fingerprint density at radius 2 is 2.32 bits per heavy atom. The van der Waals surface area contributed by atoms with Crippen LogP contribution in [-0.2, 0) is 0 Å². The molecule has 2 atom stereocenters. The molecule has 1 heterocycles. The molecule has 0 saturated carbocycles. The minimum Gasteiger partial charge on any atom is -0.399 e. The van der Waals surface area contributed by atoms with E-state index in [4.69, 9.17) is 11.5 Å². The molecule has 1 fully saturated rings. The lowest BCUT2D eigenvalue weighted by atomic mass is 9.97. The monoisotopic (exact) mass is 271 g/mol. The number of aliphatic imine (C=N–C) groups is 1. The molecule has 0 spiro atoms. The first-order chi connectivity index (χ1) is 8.80. The summed E-state index contributed by atoms with van der Waals surface area (Å²) in [6, 6.07) is -0.140. The summed E-state index contributed by atoms with van der Waals surface area (Å²) >= 11 is 0. The van der Waals surface area contributed by atoms with Crippen LogP contribution in [0.2, 0.25) is 0 Å². The summed E-state index contributed by atoms with van der Waals surface area (Å²) in [7, 11) is 1.46. The highest BCUT2D eigenvalue weighted by Crippen LogP contribution is 2.21. The molecule has 108 valence electrons. The zero-order valence-electron chi connectivity index (χ0n) is 11.2. The van der Waals surface area contributed by atoms with E-state index in [1.165, 1.54) is 7.05 Å². The molecule has 0 aromatic carbocycles. The summed E-state index contributed by atoms with van der Waals surface area (Å²) in [6.07, 6.45) is 1.99. The largest absolute Gasteiger partial charge is 0.399 e. The van der Waals surface area contributed by atoms with Crippen molar-refractivity contribution in [3.05, 3.63) is 22.0 Å². The van der Waals surface area contributed by atoms with E-state index < -0.39 is 10.5 Å². The molecule has 0 aromatic heterocycles. The Morgan fingerprint density at radius 3 is 2.79 bits per heavy atom. The van der Waals surface area contributed by atoms with Gasteiger partial charge in [-0.05, 0) is 19.8 Å². The van der Waals surface area contributed by atoms with Crippen molar-refractivity contribution in [1.82, 2.24) is 4.90 Å². The average molecular weight is 271 g/mol. The molecule has 0 aliphatic carbocycles. The van der Waals surface area contributed by atoms with Crippen LogP contribution >= 0.6 is 0 Å². The van der Waals surface area contributed by atoms with Crippen molar-refractivity contribution in [3.63, 3.8) is 0 Å². The molecule has 2 unspecified atom stereocenters. The highest BCUT2D eigenvalue weighted by atomic mass is 16.6. The highest BCUT2D eigenvalue weighted by Gasteiger charge is 2.34. The van der Waals surface area contributed by atoms with Crippen molar-refractivity contribution < 1.29 is 10.0 Å². The molecule has 8 heteroatoms. The third kappa shape index (κ3) is 3.90. The molecule has 0 bridgehead atoms. The number of nitro groups is 1. The lowest BCUT2D eigenvalue weighted by molar-refractivity contribution is -0.416. The summed E-state index contributed by atoms with van der Waals surface area (Å²) in [5, 5.41) is 21.2. The van der Waals surface area contributed by atoms with Gasteiger partial charge in [0, 0.05) is 26.2 Å². The normalized spacial score (nSPS) is 30.1. The van der Waals surface area contributed by atoms with Gasteiger partial charge in [0.15, 0.2) is 0 Å². The second-order valence-electron chi connectivity index (χ2n) is 5.03. The van der Waals surface area contributed by atoms with E-state index in [0.717, 1.165) is 6.20 Å². The van der Waals surface area contributed by atoms with Crippen molar-refractivity contribution in [2.75, 3.05) is 20.1 Å². The zero-order chi connectivity index (χ0) is 14.6. The van der Waals surface area contributed by atoms with Crippen molar-refractivity contribution in [2.45, 2.75) is 31.4 Å². The topological polar surface area (TPSA) is 131 Å². The van der Waals surface area contributed by atoms with Crippen molar-refractivity contribution >= 4 is 5.84 Å². The van der Waals surface area contributed by atoms with Gasteiger partial charge in [0.2, 0.25) is 5.84 Å². The maximum Gasteiger partial charge on any atom is 0.326 e. The smallest absolute Gasteiger partial charge is 0.326 e. The lowest BCUT2D eigenvalue weighted by Gasteiger charge is -2.29. The Bertz CT molecular complexity index is 405. The number of rotatable bonds is 2. The number of hydrogen-bond acceptors (Lipinski definition) is 6. The Hall–Kier alpha value is -1.67. The molecule has 1 saturated heterocycles. The van der Waals surface area contributed by atoms with Gasteiger partial charge in [0.05, 0.1) is 16.7 Å². The quantitative estimate of drug-likeness (QED) is 0.262. The van der Waals surface area contributed by atoms with E-state index in [0.29, 0.717) is 19.4 Å². The summed E-state index contributed by atoms with van der Waals surface area (Å²) in [4.78, 5) is 16.0. The van der Waals surface area contributed by atoms with Crippen LogP contribution in [0.15, 0.2) is 16.9 Å². The van der Waals surface area contributed by atoms with E-state index in [1.54, 1.807) is 11.8 Å². The molecule has 0 amide bonds. The fraction of sp³-hybridized carbons (Fsp3) is 0.727. The lowest BCUT2D eigenvalue weighted by Crippen LogP contribution is -2.44. The second-order valence-corrected chi connectivity index (χ2v) is 5.03. The second kappa shape index (κ2) is 5.98. The number of nitrogens with two attached hydrogens (primary N) is 2. The number of nitrogens with zero attached hydrogens (tertiary/aromatic N) is 3. The van der Waals surface area contributed by atoms with Gasteiger partial charge in [-0.2, -0.15) is 0 Å². The summed E-state index contributed by atoms with van der Waals surface area (Å²) in [5.74, 6) is 0.168. The van der Waals surface area contributed by atoms with Gasteiger partial charge in [-0.15, -0.1) is 0 Å². The van der Waals surface area contributed by atoms with Crippen molar-refractivity contribution in [3.8, 4) is 0 Å². The molecular weight excluding hydrogens is 250 g/mol. The first kappa shape index (κ1) is 15.4. The summed E-state index contributed by atoms with van der Waals surface area (Å²) < 4.78 is 0. The minimum absolute atomic E-state index is 0.140. The van der Waals surface area contributed by atoms with E-state index in [2.05, 4.69) is 4.99 Å². The first-order valence-electron chi connectivity index (χ1n) is 6.07. The maximum atomic E-state index is 10.9. The van der Waals surface area contributed by atoms with Gasteiger partial charge < -0.3 is 21.5 Å². The third-order valence-corrected chi connectivity index (χ3v) is 3.10. The molecule has 0 radical (unpaired) electrons. The van der Waals surface area contributed by atoms with Crippen LogP contribution < -0.4 is 11.5 Å². The van der Waals surface area contributed by atoms with Crippen LogP contribution in [-0.4, -0.2) is 52.5 Å². The summed E-state index contributed by atoms with van der Waals surface area (Å²) in [6.45, 7) is 2.39. The van der Waals surface area contributed by atoms with Crippen LogP contribution in [0, 0.1) is 10.1 Å². The Kier molecular flexibility index (Phi) is 4.84. The standard InChI is InChI=1S/C11H21N5O3/c1-11(17)5-8(13)3-4-15(7-11)10(14-2)9(6-12)16(18)19/h6,8,17H,3-5,7,12-13H2,1-2H3/b9-6+,14-10?. The highest BCUT2D eigenvalue weighted by molar-refractivity contribution is 5.96. The fourth-order valence-electron chi connectivity index (χ4n) is 2.36. The molecule has 1 aliphatic rings. The van der Waals surface area contributed by atoms with Gasteiger partial charge >= 0.3 is 5.70 Å². The third-order valence-electron chi connectivity index (χ3n) is 3.10. The molecule has 1 rings (SSSR count). The Labute approximate surface area is 111 Å². The maximum absolute atomic E-state index is 10.9. The van der Waals surface area contributed by atoms with E-state index in [9.17, 15) is 15.2 Å². The fourth-order valence-corrected chi connectivity index (χ4v) is 2.36. The van der Waals surface area contributed by atoms with Gasteiger partial charge in [-0.25, -0.2) is 0 Å². The zero-order valence-corrected chi connectivity index (χ0v) is 11.2. The molecular formula is C11H21N5O3. The number of β-amino-alcohol motifs (C(OH)–C–C–N with tert-alkyl or cyclic N) is 1. The number of amidine groups is 1. The predicted octanol–water partition coefficient (Wildman–Crippen LogP) is -0.734. The molecule has 0 aromatic rings. The molecule has 1 aliphatic heterocycles. The van der Waals surface area contributed by atoms with E-state index in [1.807, 2.05) is 0 Å². The van der Waals surface area contributed by atoms with Crippen LogP contribution in [0.25, 0.3) is 0 Å². The van der Waals surface area contributed by atoms with Gasteiger partial charge in [0.1, 0.15) is 0 Å². The van der Waals surface area contributed by atoms with E-state index >= 15 is 0 Å². The first-order valence-corrected chi connectivity index (χ1v) is 6.07. The van der Waals surface area contributed by atoms with Crippen LogP contribution in [0.3, 0.4) is 0 Å². The van der Waals surface area contributed by atoms with Crippen LogP contribution in [0.4, 0.5) is 0 Å². The molecule has 19 heavy (non-hydrogen) atoms. The Balaban J connectivity index is 3.02. The SMILES string of the molecule is CN=C(/C(=C\N)[N+](=O)[O-])N1CCC(N)CC(C)(O)C1. The predicted molar refractivity (Wildman–Crippen MR) is 72.0 cm³/mol. The van der Waals surface area contributed by atoms with Crippen LogP contribution in [0.1, 0.15) is 19.8 Å². The van der Waals surface area contributed by atoms with Crippen molar-refractivity contribution in [2.24, 2.45) is 16.5 Å². The van der Waals surface area contributed by atoms with E-state index in [-0.39, 0.29) is 24.1 Å². The van der Waals surface area contributed by atoms with Gasteiger partial charge in [-0.3, -0.25) is 15.1 Å². The van der Waals surface area contributed by atoms with Crippen LogP contribution in [0.5, 0.6) is 0 Å². The number of aliphatic hydroxyl groups is 1. The van der Waals surface area contributed by atoms with Crippen molar-refractivity contribution in [1.29, 1.82) is 0 Å². The Morgan fingerprint density at radius 1 is 1.68 bits per heavy atom.